The van der Waals surface area contributed by atoms with Crippen molar-refractivity contribution in [1.29, 1.82) is 0 Å². The molecule has 0 radical (unpaired) electrons. The maximum Gasteiger partial charge on any atom is 0.264 e. The number of piperidine rings is 2. The quantitative estimate of drug-likeness (QED) is 0.536. The molecule has 0 aliphatic carbocycles. The number of hydrogen-bond acceptors (Lipinski definition) is 6. The van der Waals surface area contributed by atoms with Crippen LogP contribution in [0.2, 0.25) is 0 Å². The molecule has 146 valence electrons. The lowest BCUT2D eigenvalue weighted by atomic mass is 9.95. The standard InChI is InChI=1S/C19H21N5O4/c20-21-10-11-6-8-23(9-7-11)13-3-1-2-12-16(13)19(28)24(18(12)27)14-4-5-15(25)22-17(14)26/h1-3,11,14,20H,4-10H2,(H,22,25,26)/p+1. The van der Waals surface area contributed by atoms with Gasteiger partial charge in [-0.3, -0.25) is 29.4 Å². The van der Waals surface area contributed by atoms with Gasteiger partial charge in [0.25, 0.3) is 11.8 Å². The predicted molar refractivity (Wildman–Crippen MR) is 97.3 cm³/mol. The van der Waals surface area contributed by atoms with Crippen LogP contribution in [0, 0.1) is 5.92 Å². The number of benzene rings is 1. The van der Waals surface area contributed by atoms with E-state index in [1.807, 2.05) is 6.07 Å². The number of carbonyl (C=O) groups is 4. The zero-order chi connectivity index (χ0) is 19.8. The van der Waals surface area contributed by atoms with Gasteiger partial charge >= 0.3 is 0 Å². The summed E-state index contributed by atoms with van der Waals surface area (Å²) in [6.07, 6.45) is 2.07. The highest BCUT2D eigenvalue weighted by atomic mass is 16.2. The summed E-state index contributed by atoms with van der Waals surface area (Å²) in [5.41, 5.74) is 6.66. The Morgan fingerprint density at radius 2 is 1.82 bits per heavy atom. The maximum atomic E-state index is 13.1. The minimum absolute atomic E-state index is 0.108. The van der Waals surface area contributed by atoms with E-state index < -0.39 is 23.8 Å². The van der Waals surface area contributed by atoms with E-state index in [-0.39, 0.29) is 18.7 Å². The summed E-state index contributed by atoms with van der Waals surface area (Å²) in [7, 11) is 0. The third-order valence-corrected chi connectivity index (χ3v) is 5.76. The summed E-state index contributed by atoms with van der Waals surface area (Å²) in [4.78, 5) is 52.8. The van der Waals surface area contributed by atoms with E-state index in [1.54, 1.807) is 12.1 Å². The van der Waals surface area contributed by atoms with Crippen molar-refractivity contribution in [3.05, 3.63) is 29.3 Å². The molecule has 3 aliphatic rings. The molecule has 2 fully saturated rings. The fourth-order valence-electron chi connectivity index (χ4n) is 4.27. The van der Waals surface area contributed by atoms with Gasteiger partial charge in [0.1, 0.15) is 12.6 Å². The monoisotopic (exact) mass is 384 g/mol. The zero-order valence-electron chi connectivity index (χ0n) is 15.4. The van der Waals surface area contributed by atoms with Crippen molar-refractivity contribution in [2.24, 2.45) is 11.0 Å². The number of anilines is 1. The van der Waals surface area contributed by atoms with E-state index in [2.05, 4.69) is 15.3 Å². The van der Waals surface area contributed by atoms with Crippen LogP contribution in [0.1, 0.15) is 46.4 Å². The van der Waals surface area contributed by atoms with Gasteiger partial charge < -0.3 is 4.90 Å². The van der Waals surface area contributed by atoms with Gasteiger partial charge in [-0.25, -0.2) is 0 Å². The van der Waals surface area contributed by atoms with Gasteiger partial charge in [-0.05, 0) is 42.4 Å². The average molecular weight is 384 g/mol. The van der Waals surface area contributed by atoms with Gasteiger partial charge in [0.2, 0.25) is 11.8 Å². The third-order valence-electron chi connectivity index (χ3n) is 5.76. The number of nitrogens with two attached hydrogens (primary N) is 1. The second kappa shape index (κ2) is 7.14. The van der Waals surface area contributed by atoms with Gasteiger partial charge in [0.15, 0.2) is 0 Å². The van der Waals surface area contributed by atoms with Crippen LogP contribution >= 0.6 is 0 Å². The Hall–Kier alpha value is -3.10. The molecular weight excluding hydrogens is 362 g/mol. The first-order valence-corrected chi connectivity index (χ1v) is 9.47. The number of nitrogens with one attached hydrogen (secondary N) is 1. The molecule has 0 saturated carbocycles. The first kappa shape index (κ1) is 18.3. The smallest absolute Gasteiger partial charge is 0.264 e. The Labute approximate surface area is 161 Å². The second-order valence-corrected chi connectivity index (χ2v) is 7.44. The third kappa shape index (κ3) is 2.96. The highest BCUT2D eigenvalue weighted by Gasteiger charge is 2.46. The molecule has 0 spiro atoms. The maximum absolute atomic E-state index is 13.1. The SMILES string of the molecule is [NH2+]=NCC1CCN(c2cccc3c2C(=O)N(C2CCC(=O)NC2=O)C3=O)CC1. The minimum atomic E-state index is -0.949. The summed E-state index contributed by atoms with van der Waals surface area (Å²) >= 11 is 0. The van der Waals surface area contributed by atoms with Crippen molar-refractivity contribution in [2.75, 3.05) is 24.5 Å². The molecular formula is C19H22N5O4+. The first-order chi connectivity index (χ1) is 13.5. The number of rotatable bonds is 4. The van der Waals surface area contributed by atoms with E-state index in [0.717, 1.165) is 30.8 Å². The van der Waals surface area contributed by atoms with E-state index in [1.165, 1.54) is 0 Å². The molecule has 3 heterocycles. The number of amides is 4. The average Bonchev–Trinajstić information content (AvgIpc) is 2.94. The largest absolute Gasteiger partial charge is 0.371 e. The highest BCUT2D eigenvalue weighted by Crippen LogP contribution is 2.35. The number of fused-ring (bicyclic) bond motifs is 1. The lowest BCUT2D eigenvalue weighted by Crippen LogP contribution is -2.54. The molecule has 28 heavy (non-hydrogen) atoms. The van der Waals surface area contributed by atoms with Crippen LogP contribution in [0.15, 0.2) is 23.3 Å². The van der Waals surface area contributed by atoms with Gasteiger partial charge in [-0.2, -0.15) is 5.53 Å². The van der Waals surface area contributed by atoms with Crippen LogP contribution in [-0.2, 0) is 9.59 Å². The van der Waals surface area contributed by atoms with Crippen LogP contribution in [0.3, 0.4) is 0 Å². The molecule has 1 unspecified atom stereocenters. The Bertz CT molecular complexity index is 875. The Morgan fingerprint density at radius 3 is 2.50 bits per heavy atom. The molecule has 4 rings (SSSR count). The molecule has 2 saturated heterocycles. The van der Waals surface area contributed by atoms with Gasteiger partial charge in [0, 0.05) is 19.5 Å². The molecule has 0 bridgehead atoms. The van der Waals surface area contributed by atoms with Crippen molar-refractivity contribution < 1.29 is 24.7 Å². The van der Waals surface area contributed by atoms with Crippen LogP contribution in [0.4, 0.5) is 5.69 Å². The van der Waals surface area contributed by atoms with Crippen molar-refractivity contribution in [1.82, 2.24) is 10.2 Å². The fourth-order valence-corrected chi connectivity index (χ4v) is 4.27. The van der Waals surface area contributed by atoms with E-state index in [4.69, 9.17) is 5.53 Å². The van der Waals surface area contributed by atoms with Crippen molar-refractivity contribution in [2.45, 2.75) is 31.7 Å². The van der Waals surface area contributed by atoms with Crippen molar-refractivity contribution in [3.63, 3.8) is 0 Å². The minimum Gasteiger partial charge on any atom is -0.371 e. The molecule has 9 nitrogen and oxygen atoms in total. The van der Waals surface area contributed by atoms with Gasteiger partial charge in [-0.1, -0.05) is 6.07 Å². The normalized spacial score (nSPS) is 23.1. The second-order valence-electron chi connectivity index (χ2n) is 7.44. The first-order valence-electron chi connectivity index (χ1n) is 9.47. The summed E-state index contributed by atoms with van der Waals surface area (Å²) in [6, 6.07) is 4.26. The molecule has 4 amide bonds. The van der Waals surface area contributed by atoms with Crippen LogP contribution < -0.4 is 15.7 Å². The lowest BCUT2D eigenvalue weighted by Gasteiger charge is -2.33. The summed E-state index contributed by atoms with van der Waals surface area (Å²) in [5.74, 6) is -1.50. The van der Waals surface area contributed by atoms with Gasteiger partial charge in [-0.15, -0.1) is 0 Å². The molecule has 3 N–H and O–H groups in total. The van der Waals surface area contributed by atoms with Gasteiger partial charge in [0.05, 0.1) is 16.8 Å². The highest BCUT2D eigenvalue weighted by molar-refractivity contribution is 6.25. The Morgan fingerprint density at radius 1 is 1.07 bits per heavy atom. The molecule has 1 aromatic carbocycles. The number of nitrogens with zero attached hydrogens (tertiary/aromatic N) is 3. The zero-order valence-corrected chi connectivity index (χ0v) is 15.4. The number of carbonyl (C=O) groups excluding carboxylic acids is 4. The van der Waals surface area contributed by atoms with Crippen molar-refractivity contribution >= 4 is 29.3 Å². The van der Waals surface area contributed by atoms with E-state index in [0.29, 0.717) is 29.3 Å². The molecule has 0 aromatic heterocycles. The Kier molecular flexibility index (Phi) is 4.66. The van der Waals surface area contributed by atoms with Crippen LogP contribution in [0.5, 0.6) is 0 Å². The van der Waals surface area contributed by atoms with E-state index in [9.17, 15) is 19.2 Å². The lowest BCUT2D eigenvalue weighted by molar-refractivity contribution is -0.223. The Balaban J connectivity index is 1.61. The number of imide groups is 2. The number of hydrogen-bond donors (Lipinski definition) is 2. The summed E-state index contributed by atoms with van der Waals surface area (Å²) in [5, 5.41) is 5.94. The summed E-state index contributed by atoms with van der Waals surface area (Å²) < 4.78 is 0. The van der Waals surface area contributed by atoms with Crippen LogP contribution in [-0.4, -0.2) is 54.2 Å². The predicted octanol–water partition coefficient (Wildman–Crippen LogP) is -0.484. The molecule has 1 atom stereocenters. The molecule has 9 heteroatoms. The molecule has 1 aromatic rings. The summed E-state index contributed by atoms with van der Waals surface area (Å²) in [6.45, 7) is 2.12. The molecule has 3 aliphatic heterocycles. The van der Waals surface area contributed by atoms with Crippen LogP contribution in [0.25, 0.3) is 0 Å². The van der Waals surface area contributed by atoms with Crippen molar-refractivity contribution in [3.8, 4) is 0 Å². The van der Waals surface area contributed by atoms with E-state index >= 15 is 0 Å². The topological polar surface area (TPSA) is 125 Å². The fraction of sp³-hybridized carbons (Fsp3) is 0.474.